The molecular weight excluding hydrogens is 242 g/mol. The summed E-state index contributed by atoms with van der Waals surface area (Å²) in [4.78, 5) is 23.3. The summed E-state index contributed by atoms with van der Waals surface area (Å²) in [5, 5.41) is 2.10. The number of aryl methyl sites for hydroxylation is 1. The average Bonchev–Trinajstić information content (AvgIpc) is 2.31. The number of nitrogens with one attached hydrogen (secondary N) is 1. The van der Waals surface area contributed by atoms with E-state index in [1.165, 1.54) is 0 Å². The van der Waals surface area contributed by atoms with E-state index in [0.717, 1.165) is 10.2 Å². The van der Waals surface area contributed by atoms with Crippen molar-refractivity contribution in [3.05, 3.63) is 55.6 Å². The van der Waals surface area contributed by atoms with Crippen molar-refractivity contribution < 1.29 is 0 Å². The Labute approximate surface area is 101 Å². The maximum Gasteiger partial charge on any atom is 0.290 e. The van der Waals surface area contributed by atoms with Gasteiger partial charge in [-0.25, -0.2) is 4.68 Å². The maximum atomic E-state index is 11.8. The molecule has 0 aliphatic carbocycles. The molecule has 0 radical (unpaired) electrons. The van der Waals surface area contributed by atoms with Gasteiger partial charge < -0.3 is 5.73 Å². The van der Waals surface area contributed by atoms with E-state index in [0.29, 0.717) is 5.69 Å². The monoisotopic (exact) mass is 251 g/mol. The fourth-order valence-corrected chi connectivity index (χ4v) is 1.64. The molecule has 1 aromatic heterocycles. The molecule has 1 aromatic carbocycles. The highest BCUT2D eigenvalue weighted by Crippen LogP contribution is 2.10. The highest BCUT2D eigenvalue weighted by atomic mass is 35.5. The Hall–Kier alpha value is -2.01. The summed E-state index contributed by atoms with van der Waals surface area (Å²) >= 11 is 5.70. The predicted octanol–water partition coefficient (Wildman–Crippen LogP) is 1.07. The molecule has 0 unspecified atom stereocenters. The molecule has 0 amide bonds. The van der Waals surface area contributed by atoms with Gasteiger partial charge in [-0.2, -0.15) is 0 Å². The summed E-state index contributed by atoms with van der Waals surface area (Å²) in [6.07, 6.45) is 0. The third-order valence-corrected chi connectivity index (χ3v) is 2.71. The number of rotatable bonds is 1. The lowest BCUT2D eigenvalue weighted by Gasteiger charge is -2.07. The van der Waals surface area contributed by atoms with Crippen molar-refractivity contribution >= 4 is 17.3 Å². The van der Waals surface area contributed by atoms with E-state index in [-0.39, 0.29) is 10.7 Å². The quantitative estimate of drug-likeness (QED) is 0.796. The van der Waals surface area contributed by atoms with Crippen molar-refractivity contribution in [1.82, 2.24) is 9.78 Å². The van der Waals surface area contributed by atoms with Crippen molar-refractivity contribution in [1.29, 1.82) is 0 Å². The first-order valence-corrected chi connectivity index (χ1v) is 5.26. The van der Waals surface area contributed by atoms with Crippen molar-refractivity contribution in [2.24, 2.45) is 0 Å². The van der Waals surface area contributed by atoms with E-state index in [1.54, 1.807) is 18.2 Å². The number of anilines is 1. The smallest absolute Gasteiger partial charge is 0.290 e. The fourth-order valence-electron chi connectivity index (χ4n) is 1.47. The molecule has 5 nitrogen and oxygen atoms in total. The van der Waals surface area contributed by atoms with Gasteiger partial charge in [-0.05, 0) is 24.6 Å². The molecule has 0 atom stereocenters. The number of H-pyrrole nitrogens is 1. The maximum absolute atomic E-state index is 11.8. The standard InChI is InChI=1S/C11H10ClN3O2/c1-6-3-2-4-7(5-6)15-11(17)8(12)9(13)10(16)14-15/h2-5H,13H2,1H3,(H,14,16). The van der Waals surface area contributed by atoms with Crippen LogP contribution in [0.3, 0.4) is 0 Å². The second-order valence-electron chi connectivity index (χ2n) is 3.65. The minimum absolute atomic E-state index is 0.263. The first kappa shape index (κ1) is 11.5. The van der Waals surface area contributed by atoms with Gasteiger partial charge in [0.2, 0.25) is 0 Å². The number of hydrogen-bond acceptors (Lipinski definition) is 3. The first-order valence-electron chi connectivity index (χ1n) is 4.88. The Balaban J connectivity index is 2.78. The van der Waals surface area contributed by atoms with Crippen LogP contribution in [0.2, 0.25) is 5.02 Å². The van der Waals surface area contributed by atoms with E-state index >= 15 is 0 Å². The third-order valence-electron chi connectivity index (χ3n) is 2.35. The lowest BCUT2D eigenvalue weighted by molar-refractivity contribution is 0.788. The summed E-state index contributed by atoms with van der Waals surface area (Å²) in [6, 6.07) is 7.10. The van der Waals surface area contributed by atoms with Crippen LogP contribution in [0.1, 0.15) is 5.56 Å². The second-order valence-corrected chi connectivity index (χ2v) is 4.03. The predicted molar refractivity (Wildman–Crippen MR) is 66.8 cm³/mol. The summed E-state index contributed by atoms with van der Waals surface area (Å²) in [7, 11) is 0. The van der Waals surface area contributed by atoms with Crippen molar-refractivity contribution in [2.45, 2.75) is 6.92 Å². The summed E-state index contributed by atoms with van der Waals surface area (Å²) in [6.45, 7) is 1.88. The molecule has 2 aromatic rings. The van der Waals surface area contributed by atoms with Crippen molar-refractivity contribution in [2.75, 3.05) is 5.73 Å². The van der Waals surface area contributed by atoms with Gasteiger partial charge in [0.25, 0.3) is 11.1 Å². The molecule has 0 aliphatic rings. The number of aromatic amines is 1. The minimum atomic E-state index is -0.587. The van der Waals surface area contributed by atoms with E-state index in [9.17, 15) is 9.59 Å². The topological polar surface area (TPSA) is 80.9 Å². The molecule has 3 N–H and O–H groups in total. The molecule has 0 aliphatic heterocycles. The molecule has 0 spiro atoms. The van der Waals surface area contributed by atoms with E-state index < -0.39 is 11.1 Å². The molecule has 88 valence electrons. The van der Waals surface area contributed by atoms with Crippen LogP contribution in [0.5, 0.6) is 0 Å². The van der Waals surface area contributed by atoms with E-state index in [2.05, 4.69) is 5.10 Å². The fraction of sp³-hybridized carbons (Fsp3) is 0.0909. The molecule has 2 rings (SSSR count). The van der Waals surface area contributed by atoms with Crippen LogP contribution < -0.4 is 16.9 Å². The Morgan fingerprint density at radius 1 is 1.35 bits per heavy atom. The van der Waals surface area contributed by atoms with Crippen LogP contribution in [-0.4, -0.2) is 9.78 Å². The second kappa shape index (κ2) is 4.10. The molecule has 0 saturated heterocycles. The van der Waals surface area contributed by atoms with Crippen LogP contribution in [0.4, 0.5) is 5.69 Å². The normalized spacial score (nSPS) is 10.5. The molecule has 6 heteroatoms. The van der Waals surface area contributed by atoms with Crippen molar-refractivity contribution in [3.8, 4) is 5.69 Å². The molecule has 17 heavy (non-hydrogen) atoms. The van der Waals surface area contributed by atoms with Crippen LogP contribution in [-0.2, 0) is 0 Å². The highest BCUT2D eigenvalue weighted by molar-refractivity contribution is 6.32. The van der Waals surface area contributed by atoms with E-state index in [1.807, 2.05) is 13.0 Å². The van der Waals surface area contributed by atoms with Gasteiger partial charge in [-0.1, -0.05) is 23.7 Å². The van der Waals surface area contributed by atoms with Gasteiger partial charge in [-0.15, -0.1) is 0 Å². The number of hydrogen-bond donors (Lipinski definition) is 2. The van der Waals surface area contributed by atoms with Gasteiger partial charge in [-0.3, -0.25) is 14.7 Å². The van der Waals surface area contributed by atoms with Crippen LogP contribution in [0.25, 0.3) is 5.69 Å². The number of aromatic nitrogens is 2. The Morgan fingerprint density at radius 2 is 2.06 bits per heavy atom. The molecule has 0 saturated carbocycles. The number of halogens is 1. The zero-order chi connectivity index (χ0) is 12.6. The average molecular weight is 252 g/mol. The number of nitrogen functional groups attached to an aromatic ring is 1. The Kier molecular flexibility index (Phi) is 2.77. The Morgan fingerprint density at radius 3 is 2.71 bits per heavy atom. The minimum Gasteiger partial charge on any atom is -0.393 e. The summed E-state index contributed by atoms with van der Waals surface area (Å²) in [5.74, 6) is 0. The summed E-state index contributed by atoms with van der Waals surface area (Å²) in [5.41, 5.74) is 5.47. The van der Waals surface area contributed by atoms with Gasteiger partial charge in [0.15, 0.2) is 0 Å². The van der Waals surface area contributed by atoms with Gasteiger partial charge in [0, 0.05) is 0 Å². The van der Waals surface area contributed by atoms with Crippen LogP contribution in [0, 0.1) is 6.92 Å². The van der Waals surface area contributed by atoms with Gasteiger partial charge in [0.1, 0.15) is 10.7 Å². The van der Waals surface area contributed by atoms with Crippen LogP contribution >= 0.6 is 11.6 Å². The summed E-state index contributed by atoms with van der Waals surface area (Å²) < 4.78 is 1.08. The molecule has 1 heterocycles. The largest absolute Gasteiger partial charge is 0.393 e. The van der Waals surface area contributed by atoms with E-state index in [4.69, 9.17) is 17.3 Å². The van der Waals surface area contributed by atoms with Gasteiger partial charge >= 0.3 is 0 Å². The first-order chi connectivity index (χ1) is 8.00. The third kappa shape index (κ3) is 1.97. The van der Waals surface area contributed by atoms with Crippen LogP contribution in [0.15, 0.2) is 33.9 Å². The molecule has 0 fully saturated rings. The van der Waals surface area contributed by atoms with Gasteiger partial charge in [0.05, 0.1) is 5.69 Å². The number of nitrogens with two attached hydrogens (primary N) is 1. The molecular formula is C11H10ClN3O2. The molecule has 0 bridgehead atoms. The highest BCUT2D eigenvalue weighted by Gasteiger charge is 2.10. The SMILES string of the molecule is Cc1cccc(-n2[nH]c(=O)c(N)c(Cl)c2=O)c1. The zero-order valence-corrected chi connectivity index (χ0v) is 9.78. The van der Waals surface area contributed by atoms with Crippen molar-refractivity contribution in [3.63, 3.8) is 0 Å². The Bertz CT molecular complexity index is 688. The number of benzene rings is 1. The lowest BCUT2D eigenvalue weighted by Crippen LogP contribution is -2.30. The zero-order valence-electron chi connectivity index (χ0n) is 9.03. The number of nitrogens with zero attached hydrogens (tertiary/aromatic N) is 1. The lowest BCUT2D eigenvalue weighted by atomic mass is 10.2.